The van der Waals surface area contributed by atoms with Gasteiger partial charge in [-0.1, -0.05) is 0 Å². The van der Waals surface area contributed by atoms with Crippen molar-refractivity contribution >= 4 is 15.8 Å². The molecule has 3 heteroatoms. The van der Waals surface area contributed by atoms with Crippen LogP contribution in [0.4, 0.5) is 0 Å². The predicted molar refractivity (Wildman–Crippen MR) is 128 cm³/mol. The minimum absolute atomic E-state index is 0.328. The number of hydrogen-bond donors (Lipinski definition) is 0. The summed E-state index contributed by atoms with van der Waals surface area (Å²) in [4.78, 5) is 12.1. The maximum atomic E-state index is 2.58. The van der Waals surface area contributed by atoms with E-state index in [0.29, 0.717) is 15.8 Å². The van der Waals surface area contributed by atoms with Crippen molar-refractivity contribution in [2.24, 2.45) is 23.7 Å². The van der Waals surface area contributed by atoms with Gasteiger partial charge in [-0.25, -0.2) is 0 Å². The van der Waals surface area contributed by atoms with E-state index in [1.54, 1.807) is 24.6 Å². The van der Waals surface area contributed by atoms with Crippen molar-refractivity contribution in [2.45, 2.75) is 102 Å². The van der Waals surface area contributed by atoms with E-state index in [4.69, 9.17) is 0 Å². The van der Waals surface area contributed by atoms with E-state index < -0.39 is 6.51 Å². The van der Waals surface area contributed by atoms with Gasteiger partial charge in [0.2, 0.25) is 0 Å². The summed E-state index contributed by atoms with van der Waals surface area (Å²) in [5, 5.41) is 0. The molecule has 10 aliphatic rings. The monoisotopic (exact) mass is 474 g/mol. The Kier molecular flexibility index (Phi) is 1.27. The molecular formula is C26H44FeP2. The molecule has 0 aliphatic carbocycles. The third kappa shape index (κ3) is 0.335. The third-order valence-electron chi connectivity index (χ3n) is 18.0. The molecule has 166 valence electrons. The van der Waals surface area contributed by atoms with E-state index in [2.05, 4.69) is 55.4 Å². The van der Waals surface area contributed by atoms with Crippen LogP contribution >= 0.6 is 15.8 Å². The summed E-state index contributed by atoms with van der Waals surface area (Å²) < 4.78 is 2.32. The fraction of sp³-hybridized carbons (Fsp3) is 1.00. The molecule has 0 amide bonds. The topological polar surface area (TPSA) is 0 Å². The van der Waals surface area contributed by atoms with E-state index in [9.17, 15) is 0 Å². The average molecular weight is 474 g/mol. The van der Waals surface area contributed by atoms with E-state index in [1.807, 2.05) is 0 Å². The molecule has 0 aromatic rings. The van der Waals surface area contributed by atoms with Gasteiger partial charge in [0.1, 0.15) is 0 Å². The van der Waals surface area contributed by atoms with Gasteiger partial charge in [-0.3, -0.25) is 0 Å². The van der Waals surface area contributed by atoms with E-state index in [-0.39, 0.29) is 0 Å². The van der Waals surface area contributed by atoms with Gasteiger partial charge >= 0.3 is 173 Å². The van der Waals surface area contributed by atoms with Crippen molar-refractivity contribution in [3.05, 3.63) is 0 Å². The second kappa shape index (κ2) is 2.17. The Bertz CT molecular complexity index is 1130. The average Bonchev–Trinajstić information content (AvgIpc) is 3.51. The molecule has 0 nitrogen and oxygen atoms in total. The van der Waals surface area contributed by atoms with Gasteiger partial charge in [0.15, 0.2) is 0 Å². The van der Waals surface area contributed by atoms with Crippen LogP contribution in [0.25, 0.3) is 0 Å². The van der Waals surface area contributed by atoms with Crippen LogP contribution < -0.4 is 0 Å². The summed E-state index contributed by atoms with van der Waals surface area (Å²) in [6.07, 6.45) is 6.70. The zero-order chi connectivity index (χ0) is 20.2. The van der Waals surface area contributed by atoms with Crippen molar-refractivity contribution in [1.82, 2.24) is 0 Å². The summed E-state index contributed by atoms with van der Waals surface area (Å²) in [6.45, 7) is 17.4. The summed E-state index contributed by atoms with van der Waals surface area (Å²) in [7, 11) is 0.656. The van der Waals surface area contributed by atoms with Crippen molar-refractivity contribution in [3.8, 4) is 0 Å². The normalized spacial score (nSPS) is 78.7. The fourth-order valence-electron chi connectivity index (χ4n) is 20.6. The van der Waals surface area contributed by atoms with Gasteiger partial charge in [0.25, 0.3) is 0 Å². The zero-order valence-corrected chi connectivity index (χ0v) is 22.9. The Morgan fingerprint density at radius 2 is 0.793 bits per heavy atom. The van der Waals surface area contributed by atoms with Crippen LogP contribution in [-0.4, -0.2) is 32.8 Å². The Morgan fingerprint density at radius 3 is 0.966 bits per heavy atom. The zero-order valence-electron chi connectivity index (χ0n) is 20.0. The van der Waals surface area contributed by atoms with Crippen LogP contribution in [0, 0.1) is 23.7 Å². The molecular weight excluding hydrogens is 430 g/mol. The minimum atomic E-state index is -3.26. The van der Waals surface area contributed by atoms with Crippen LogP contribution in [0.15, 0.2) is 0 Å². The van der Waals surface area contributed by atoms with Gasteiger partial charge in [-0.05, 0) is 0 Å². The molecule has 1 spiro atoms. The van der Waals surface area contributed by atoms with E-state index >= 15 is 0 Å². The summed E-state index contributed by atoms with van der Waals surface area (Å²) in [6, 6.07) is 0. The number of fused-ring (bicyclic) bond motifs is 10. The first-order valence-electron chi connectivity index (χ1n) is 13.1. The van der Waals surface area contributed by atoms with Gasteiger partial charge in [-0.15, -0.1) is 0 Å². The Hall–Kier alpha value is 1.38. The van der Waals surface area contributed by atoms with Crippen molar-refractivity contribution in [3.63, 3.8) is 0 Å². The predicted octanol–water partition coefficient (Wildman–Crippen LogP) is 8.78. The molecule has 10 aliphatic heterocycles. The fourth-order valence-corrected chi connectivity index (χ4v) is 131. The van der Waals surface area contributed by atoms with Gasteiger partial charge in [0.05, 0.1) is 0 Å². The number of rotatable bonds is 10. The first-order chi connectivity index (χ1) is 13.4. The molecule has 4 atom stereocenters. The van der Waals surface area contributed by atoms with Gasteiger partial charge in [-0.2, -0.15) is 0 Å². The molecule has 0 saturated carbocycles. The van der Waals surface area contributed by atoms with E-state index in [0.717, 1.165) is 31.8 Å². The van der Waals surface area contributed by atoms with Crippen LogP contribution in [0.1, 0.15) is 55.4 Å². The van der Waals surface area contributed by atoms with Crippen LogP contribution in [0.2, 0.25) is 38.5 Å². The second-order valence-electron chi connectivity index (χ2n) is 17.1. The first kappa shape index (κ1) is 16.9. The summed E-state index contributed by atoms with van der Waals surface area (Å²) >= 11 is 0. The molecule has 10 heterocycles. The Balaban J connectivity index is 1.25. The van der Waals surface area contributed by atoms with Gasteiger partial charge in [0, 0.05) is 0 Å². The molecule has 0 bridgehead atoms. The quantitative estimate of drug-likeness (QED) is 0.219. The van der Waals surface area contributed by atoms with E-state index in [1.165, 1.54) is 38.5 Å². The van der Waals surface area contributed by atoms with Gasteiger partial charge < -0.3 is 0 Å². The summed E-state index contributed by atoms with van der Waals surface area (Å²) in [5.41, 5.74) is 0. The molecule has 10 rings (SSSR count). The summed E-state index contributed by atoms with van der Waals surface area (Å²) in [5.74, 6) is 3.83. The SMILES string of the molecule is CC(C)CP(CC(C)C)[C]12[CH]3[CH]4[CH]5[C]1(P(CC(C)C)CC(C)C)[Fe]43521678[CH]2[CH]1[CH]6[CH]7[CH]28. The third-order valence-corrected chi connectivity index (χ3v) is 77.4. The van der Waals surface area contributed by atoms with Crippen LogP contribution in [0.3, 0.4) is 0 Å². The second-order valence-corrected chi connectivity index (χ2v) is 46.1. The van der Waals surface area contributed by atoms with Crippen LogP contribution in [-0.2, 0) is 6.51 Å². The number of hydrogen-bond acceptors (Lipinski definition) is 0. The first-order valence-corrected chi connectivity index (χ1v) is 22.7. The molecule has 29 heavy (non-hydrogen) atoms. The molecule has 0 N–H and O–H groups in total. The van der Waals surface area contributed by atoms with Crippen molar-refractivity contribution in [2.75, 3.05) is 24.6 Å². The molecule has 10 saturated heterocycles. The molecule has 0 radical (unpaired) electrons. The molecule has 0 aromatic heterocycles. The Morgan fingerprint density at radius 1 is 0.517 bits per heavy atom. The Labute approximate surface area is 172 Å². The van der Waals surface area contributed by atoms with Crippen LogP contribution in [0.5, 0.6) is 0 Å². The van der Waals surface area contributed by atoms with Crippen molar-refractivity contribution < 1.29 is 6.51 Å². The maximum absolute atomic E-state index is 3.26. The molecule has 10 fully saturated rings. The van der Waals surface area contributed by atoms with Crippen molar-refractivity contribution in [1.29, 1.82) is 0 Å². The standard InChI is InChI=1S/C21H39P2.C5H5.Fe/c1-16(2)12-22(13-17(3)4)20-10-9-11-21(20)23(14-18(5)6)15-19(7)8;1-2-4-5-3-1;/h9-11,16-19H,12-15H2,1-8H3;1-5H;. The molecule has 4 unspecified atom stereocenters. The molecule has 0 aromatic carbocycles.